The van der Waals surface area contributed by atoms with Gasteiger partial charge in [-0.15, -0.1) is 0 Å². The van der Waals surface area contributed by atoms with Crippen molar-refractivity contribution in [2.45, 2.75) is 5.41 Å². The molecule has 2 aliphatic rings. The van der Waals surface area contributed by atoms with Crippen LogP contribution in [0.4, 0.5) is 0 Å². The first-order chi connectivity index (χ1) is 33.2. The van der Waals surface area contributed by atoms with Gasteiger partial charge in [-0.25, -0.2) is 0 Å². The Kier molecular flexibility index (Phi) is 7.07. The number of aromatic nitrogens is 6. The van der Waals surface area contributed by atoms with E-state index >= 15 is 0 Å². The van der Waals surface area contributed by atoms with Crippen LogP contribution in [0.3, 0.4) is 0 Å². The van der Waals surface area contributed by atoms with Gasteiger partial charge >= 0.3 is 0 Å². The first kappa shape index (κ1) is 36.1. The second kappa shape index (κ2) is 13.1. The summed E-state index contributed by atoms with van der Waals surface area (Å²) in [5.41, 5.74) is 15.3. The Labute approximate surface area is 382 Å². The number of fused-ring (bicyclic) bond motifs is 18. The summed E-state index contributed by atoms with van der Waals surface area (Å²) < 4.78 is 14.2. The molecule has 6 aromatic heterocycles. The van der Waals surface area contributed by atoms with Gasteiger partial charge in [-0.3, -0.25) is 15.0 Å². The average molecular weight is 856 g/mol. The fraction of sp³-hybridized carbons (Fsp3) is 0.0169. The Balaban J connectivity index is 0.962. The molecule has 0 saturated heterocycles. The van der Waals surface area contributed by atoms with Crippen LogP contribution in [0.2, 0.25) is 0 Å². The first-order valence-electron chi connectivity index (χ1n) is 22.4. The summed E-state index contributed by atoms with van der Waals surface area (Å²) in [4.78, 5) is 14.6. The molecule has 8 heteroatoms. The van der Waals surface area contributed by atoms with Gasteiger partial charge < -0.3 is 18.4 Å². The van der Waals surface area contributed by atoms with Crippen molar-refractivity contribution in [1.82, 2.24) is 28.7 Å². The maximum absolute atomic E-state index is 9.78. The first-order valence-corrected chi connectivity index (χ1v) is 22.4. The lowest BCUT2D eigenvalue weighted by Gasteiger charge is -2.39. The van der Waals surface area contributed by atoms with E-state index in [-0.39, 0.29) is 0 Å². The molecular formula is C59H33N7O. The monoisotopic (exact) mass is 855 g/mol. The van der Waals surface area contributed by atoms with Crippen molar-refractivity contribution in [3.8, 4) is 46.0 Å². The average Bonchev–Trinajstić information content (AvgIpc) is 4.10. The lowest BCUT2D eigenvalue weighted by atomic mass is 9.66. The van der Waals surface area contributed by atoms with Crippen molar-refractivity contribution < 1.29 is 4.74 Å². The highest BCUT2D eigenvalue weighted by Crippen LogP contribution is 2.61. The molecule has 0 saturated carbocycles. The molecule has 7 heterocycles. The van der Waals surface area contributed by atoms with Gasteiger partial charge in [0.1, 0.15) is 11.5 Å². The van der Waals surface area contributed by atoms with E-state index in [1.165, 1.54) is 10.8 Å². The van der Waals surface area contributed by atoms with Gasteiger partial charge in [0.2, 0.25) is 0 Å². The number of rotatable bonds is 3. The van der Waals surface area contributed by atoms with Crippen molar-refractivity contribution >= 4 is 65.4 Å². The number of hydrogen-bond acceptors (Lipinski definition) is 5. The molecule has 8 nitrogen and oxygen atoms in total. The van der Waals surface area contributed by atoms with Crippen LogP contribution < -0.4 is 4.74 Å². The molecule has 1 spiro atoms. The highest BCUT2D eigenvalue weighted by Gasteiger charge is 2.52. The molecule has 0 atom stereocenters. The number of benzene rings is 7. The van der Waals surface area contributed by atoms with Crippen molar-refractivity contribution in [3.63, 3.8) is 0 Å². The zero-order valence-corrected chi connectivity index (χ0v) is 35.6. The largest absolute Gasteiger partial charge is 0.457 e. The third kappa shape index (κ3) is 4.66. The molecule has 13 aromatic rings. The summed E-state index contributed by atoms with van der Waals surface area (Å²) in [6, 6.07) is 64.5. The minimum absolute atomic E-state index is 0.642. The quantitative estimate of drug-likeness (QED) is 0.177. The Hall–Kier alpha value is -9.32. The zero-order valence-electron chi connectivity index (χ0n) is 35.6. The number of nitriles is 1. The van der Waals surface area contributed by atoms with Gasteiger partial charge in [-0.2, -0.15) is 5.26 Å². The van der Waals surface area contributed by atoms with Gasteiger partial charge in [0, 0.05) is 91.2 Å². The van der Waals surface area contributed by atoms with Crippen molar-refractivity contribution in [2.75, 3.05) is 0 Å². The lowest BCUT2D eigenvalue weighted by molar-refractivity contribution is 0.436. The topological polar surface area (TPSA) is 86.5 Å². The Morgan fingerprint density at radius 2 is 0.881 bits per heavy atom. The number of hydrogen-bond donors (Lipinski definition) is 0. The van der Waals surface area contributed by atoms with E-state index in [0.29, 0.717) is 5.56 Å². The van der Waals surface area contributed by atoms with Crippen LogP contribution in [-0.4, -0.2) is 28.7 Å². The SMILES string of the molecule is N#Cc1ccc2c(c1)c1ccccc1n2-c1ccc2c(c1)c1ccncc1n2-c1ccc2c(c1)Oc1cc(-n3c4ccccc4c4ccccc43)ccc1C21c2cccnc2-c2ncccc21. The summed E-state index contributed by atoms with van der Waals surface area (Å²) in [7, 11) is 0. The van der Waals surface area contributed by atoms with E-state index in [9.17, 15) is 5.26 Å². The second-order valence-corrected chi connectivity index (χ2v) is 17.5. The molecule has 0 amide bonds. The summed E-state index contributed by atoms with van der Waals surface area (Å²) in [6.45, 7) is 0. The molecule has 1 aliphatic carbocycles. The summed E-state index contributed by atoms with van der Waals surface area (Å²) >= 11 is 0. The molecule has 310 valence electrons. The predicted molar refractivity (Wildman–Crippen MR) is 265 cm³/mol. The third-order valence-corrected chi connectivity index (χ3v) is 14.3. The Bertz CT molecular complexity index is 4260. The maximum atomic E-state index is 9.78. The van der Waals surface area contributed by atoms with Gasteiger partial charge in [0.15, 0.2) is 0 Å². The molecule has 0 bridgehead atoms. The van der Waals surface area contributed by atoms with Crippen molar-refractivity contribution in [2.24, 2.45) is 0 Å². The van der Waals surface area contributed by atoms with Crippen LogP contribution in [0.1, 0.15) is 27.8 Å². The van der Waals surface area contributed by atoms with E-state index in [0.717, 1.165) is 117 Å². The van der Waals surface area contributed by atoms with Crippen molar-refractivity contribution in [1.29, 1.82) is 5.26 Å². The van der Waals surface area contributed by atoms with E-state index in [4.69, 9.17) is 14.7 Å². The summed E-state index contributed by atoms with van der Waals surface area (Å²) in [5.74, 6) is 1.53. The van der Waals surface area contributed by atoms with Gasteiger partial charge in [-0.1, -0.05) is 78.9 Å². The fourth-order valence-corrected chi connectivity index (χ4v) is 11.7. The molecule has 0 radical (unpaired) electrons. The van der Waals surface area contributed by atoms with Crippen LogP contribution in [0.15, 0.2) is 201 Å². The molecule has 0 fully saturated rings. The molecule has 1 aliphatic heterocycles. The lowest BCUT2D eigenvalue weighted by Crippen LogP contribution is -2.32. The molecular weight excluding hydrogens is 823 g/mol. The summed E-state index contributed by atoms with van der Waals surface area (Å²) in [6.07, 6.45) is 7.54. The van der Waals surface area contributed by atoms with Crippen LogP contribution >= 0.6 is 0 Å². The van der Waals surface area contributed by atoms with Crippen LogP contribution in [-0.2, 0) is 5.41 Å². The van der Waals surface area contributed by atoms with Crippen LogP contribution in [0.25, 0.3) is 93.9 Å². The third-order valence-electron chi connectivity index (χ3n) is 14.3. The molecule has 15 rings (SSSR count). The zero-order chi connectivity index (χ0) is 44.0. The standard InChI is InChI=1S/C59H33N7O/c60-33-35-17-23-52-43(29-35)41-11-3-6-16-51(41)64(52)36-20-24-53-44(30-36)42-25-28-61-34-54(42)66(53)38-19-22-46-56(32-38)67-55-31-37(65-49-14-4-1-9-39(49)40-10-2-5-15-50(40)65)18-21-45(55)59(46)47-12-7-26-62-57(47)58-48(59)13-8-27-63-58/h1-32,34H. The van der Waals surface area contributed by atoms with E-state index < -0.39 is 5.41 Å². The van der Waals surface area contributed by atoms with Crippen LogP contribution in [0, 0.1) is 11.3 Å². The number of pyridine rings is 3. The second-order valence-electron chi connectivity index (χ2n) is 17.5. The van der Waals surface area contributed by atoms with Crippen LogP contribution in [0.5, 0.6) is 11.5 Å². The smallest absolute Gasteiger partial charge is 0.134 e. The minimum atomic E-state index is -0.748. The van der Waals surface area contributed by atoms with E-state index in [1.807, 2.05) is 49.1 Å². The number of para-hydroxylation sites is 3. The van der Waals surface area contributed by atoms with Gasteiger partial charge in [-0.05, 0) is 96.1 Å². The Morgan fingerprint density at radius 1 is 0.403 bits per heavy atom. The molecule has 7 aromatic carbocycles. The molecule has 0 N–H and O–H groups in total. The molecule has 67 heavy (non-hydrogen) atoms. The van der Waals surface area contributed by atoms with Gasteiger partial charge in [0.05, 0.1) is 67.7 Å². The maximum Gasteiger partial charge on any atom is 0.134 e. The minimum Gasteiger partial charge on any atom is -0.457 e. The normalized spacial score (nSPS) is 13.3. The van der Waals surface area contributed by atoms with Gasteiger partial charge in [0.25, 0.3) is 0 Å². The summed E-state index contributed by atoms with van der Waals surface area (Å²) in [5, 5.41) is 16.5. The van der Waals surface area contributed by atoms with E-state index in [2.05, 4.69) is 176 Å². The van der Waals surface area contributed by atoms with Crippen molar-refractivity contribution in [3.05, 3.63) is 229 Å². The predicted octanol–water partition coefficient (Wildman–Crippen LogP) is 13.5. The fourth-order valence-electron chi connectivity index (χ4n) is 11.7. The Morgan fingerprint density at radius 3 is 1.48 bits per heavy atom. The number of nitrogens with zero attached hydrogens (tertiary/aromatic N) is 7. The van der Waals surface area contributed by atoms with E-state index in [1.54, 1.807) is 0 Å². The highest BCUT2D eigenvalue weighted by atomic mass is 16.5. The highest BCUT2D eigenvalue weighted by molar-refractivity contribution is 6.13. The molecule has 0 unspecified atom stereocenters. The number of ether oxygens (including phenoxy) is 1.